The van der Waals surface area contributed by atoms with Crippen LogP contribution in [0, 0.1) is 24.2 Å². The number of hydrogen-bond donors (Lipinski definition) is 0. The van der Waals surface area contributed by atoms with E-state index in [2.05, 4.69) is 16.0 Å². The highest BCUT2D eigenvalue weighted by Gasteiger charge is 2.36. The van der Waals surface area contributed by atoms with Gasteiger partial charge >= 0.3 is 0 Å². The number of nitriles is 1. The molecular weight excluding hydrogens is 222 g/mol. The average molecular weight is 241 g/mol. The first kappa shape index (κ1) is 11.5. The van der Waals surface area contributed by atoms with Crippen LogP contribution in [-0.4, -0.2) is 17.6 Å². The predicted molar refractivity (Wildman–Crippen MR) is 71.4 cm³/mol. The van der Waals surface area contributed by atoms with Gasteiger partial charge in [-0.2, -0.15) is 5.26 Å². The fraction of sp³-hybridized carbons (Fsp3) is 0.600. The molecule has 0 amide bonds. The summed E-state index contributed by atoms with van der Waals surface area (Å²) in [6.07, 6.45) is 6.55. The molecule has 1 aliphatic carbocycles. The van der Waals surface area contributed by atoms with Crippen molar-refractivity contribution in [2.24, 2.45) is 5.92 Å². The van der Waals surface area contributed by atoms with Crippen LogP contribution in [-0.2, 0) is 0 Å². The Morgan fingerprint density at radius 1 is 1.28 bits per heavy atom. The number of fused-ring (bicyclic) bond motifs is 1. The van der Waals surface area contributed by atoms with Gasteiger partial charge < -0.3 is 4.90 Å². The zero-order valence-electron chi connectivity index (χ0n) is 10.9. The summed E-state index contributed by atoms with van der Waals surface area (Å²) < 4.78 is 0. The average Bonchev–Trinajstić information content (AvgIpc) is 2.86. The molecule has 0 aromatic carbocycles. The van der Waals surface area contributed by atoms with E-state index >= 15 is 0 Å². The Morgan fingerprint density at radius 2 is 2.11 bits per heavy atom. The van der Waals surface area contributed by atoms with Crippen molar-refractivity contribution >= 4 is 5.82 Å². The van der Waals surface area contributed by atoms with E-state index < -0.39 is 0 Å². The summed E-state index contributed by atoms with van der Waals surface area (Å²) in [5, 5.41) is 9.26. The number of aryl methyl sites for hydroxylation is 1. The fourth-order valence-corrected chi connectivity index (χ4v) is 3.57. The third-order valence-corrected chi connectivity index (χ3v) is 4.40. The summed E-state index contributed by atoms with van der Waals surface area (Å²) in [5.41, 5.74) is 1.73. The number of nitrogens with zero attached hydrogens (tertiary/aromatic N) is 3. The Balaban J connectivity index is 1.98. The predicted octanol–water partition coefficient (Wildman–Crippen LogP) is 3.03. The molecule has 0 spiro atoms. The maximum atomic E-state index is 9.26. The number of rotatable bonds is 1. The van der Waals surface area contributed by atoms with Gasteiger partial charge in [-0.05, 0) is 50.7 Å². The van der Waals surface area contributed by atoms with Crippen molar-refractivity contribution in [2.75, 3.05) is 11.4 Å². The Bertz CT molecular complexity index is 489. The Hall–Kier alpha value is -1.56. The lowest BCUT2D eigenvalue weighted by atomic mass is 9.91. The first-order valence-corrected chi connectivity index (χ1v) is 6.94. The molecule has 2 fully saturated rings. The van der Waals surface area contributed by atoms with E-state index in [-0.39, 0.29) is 0 Å². The van der Waals surface area contributed by atoms with Crippen molar-refractivity contribution in [3.63, 3.8) is 0 Å². The summed E-state index contributed by atoms with van der Waals surface area (Å²) in [5.74, 6) is 1.75. The molecule has 3 heteroatoms. The minimum absolute atomic E-state index is 0.625. The second-order valence-electron chi connectivity index (χ2n) is 5.53. The zero-order chi connectivity index (χ0) is 12.5. The topological polar surface area (TPSA) is 39.9 Å². The van der Waals surface area contributed by atoms with Gasteiger partial charge in [-0.3, -0.25) is 0 Å². The monoisotopic (exact) mass is 241 g/mol. The normalized spacial score (nSPS) is 26.8. The molecule has 3 rings (SSSR count). The van der Waals surface area contributed by atoms with Crippen LogP contribution in [0.25, 0.3) is 0 Å². The smallest absolute Gasteiger partial charge is 0.147 e. The third-order valence-electron chi connectivity index (χ3n) is 4.40. The number of aromatic nitrogens is 1. The second kappa shape index (κ2) is 4.61. The van der Waals surface area contributed by atoms with E-state index in [0.717, 1.165) is 29.5 Å². The van der Waals surface area contributed by atoms with Crippen LogP contribution in [0.1, 0.15) is 43.4 Å². The molecule has 0 bridgehead atoms. The standard InChI is InChI=1S/C15H19N3/c1-11-7-8-13(10-16)15(17-11)18-9-3-5-12-4-2-6-14(12)18/h7-8,12,14H,2-6,9H2,1H3. The quantitative estimate of drug-likeness (QED) is 0.758. The number of anilines is 1. The molecule has 2 unspecified atom stereocenters. The number of pyridine rings is 1. The van der Waals surface area contributed by atoms with Gasteiger partial charge in [0.15, 0.2) is 0 Å². The molecule has 0 N–H and O–H groups in total. The largest absolute Gasteiger partial charge is 0.352 e. The van der Waals surface area contributed by atoms with Gasteiger partial charge in [0.1, 0.15) is 11.9 Å². The van der Waals surface area contributed by atoms with Gasteiger partial charge in [-0.1, -0.05) is 6.42 Å². The van der Waals surface area contributed by atoms with E-state index in [1.165, 1.54) is 32.1 Å². The lowest BCUT2D eigenvalue weighted by Crippen LogP contribution is -2.43. The van der Waals surface area contributed by atoms with Crippen molar-refractivity contribution in [3.8, 4) is 6.07 Å². The molecule has 94 valence electrons. The summed E-state index contributed by atoms with van der Waals surface area (Å²) in [4.78, 5) is 7.04. The molecule has 18 heavy (non-hydrogen) atoms. The van der Waals surface area contributed by atoms with E-state index in [4.69, 9.17) is 0 Å². The SMILES string of the molecule is Cc1ccc(C#N)c(N2CCCC3CCCC32)n1. The summed E-state index contributed by atoms with van der Waals surface area (Å²) >= 11 is 0. The molecule has 1 aromatic rings. The van der Waals surface area contributed by atoms with Crippen LogP contribution >= 0.6 is 0 Å². The van der Waals surface area contributed by atoms with Gasteiger partial charge in [0.2, 0.25) is 0 Å². The molecule has 3 nitrogen and oxygen atoms in total. The maximum Gasteiger partial charge on any atom is 0.147 e. The van der Waals surface area contributed by atoms with Crippen LogP contribution in [0.4, 0.5) is 5.82 Å². The van der Waals surface area contributed by atoms with Crippen LogP contribution < -0.4 is 4.90 Å². The summed E-state index contributed by atoms with van der Waals surface area (Å²) in [6.45, 7) is 3.06. The van der Waals surface area contributed by atoms with Crippen molar-refractivity contribution < 1.29 is 0 Å². The van der Waals surface area contributed by atoms with Gasteiger partial charge in [0.05, 0.1) is 5.56 Å². The van der Waals surface area contributed by atoms with Crippen molar-refractivity contribution in [1.29, 1.82) is 5.26 Å². The molecule has 0 radical (unpaired) electrons. The molecule has 2 heterocycles. The highest BCUT2D eigenvalue weighted by atomic mass is 15.2. The van der Waals surface area contributed by atoms with Crippen LogP contribution in [0.2, 0.25) is 0 Å². The third kappa shape index (κ3) is 1.86. The Kier molecular flexibility index (Phi) is 2.95. The minimum atomic E-state index is 0.625. The summed E-state index contributed by atoms with van der Waals surface area (Å²) in [7, 11) is 0. The van der Waals surface area contributed by atoms with Gasteiger partial charge in [-0.15, -0.1) is 0 Å². The molecular formula is C15H19N3. The Morgan fingerprint density at radius 3 is 2.94 bits per heavy atom. The molecule has 1 saturated heterocycles. The maximum absolute atomic E-state index is 9.26. The van der Waals surface area contributed by atoms with Crippen molar-refractivity contribution in [1.82, 2.24) is 4.98 Å². The first-order chi connectivity index (χ1) is 8.79. The van der Waals surface area contributed by atoms with Crippen LogP contribution in [0.3, 0.4) is 0 Å². The van der Waals surface area contributed by atoms with Gasteiger partial charge in [0.25, 0.3) is 0 Å². The molecule has 1 saturated carbocycles. The minimum Gasteiger partial charge on any atom is -0.352 e. The van der Waals surface area contributed by atoms with E-state index in [0.29, 0.717) is 6.04 Å². The highest BCUT2D eigenvalue weighted by molar-refractivity contribution is 5.55. The lowest BCUT2D eigenvalue weighted by Gasteiger charge is -2.39. The lowest BCUT2D eigenvalue weighted by molar-refractivity contribution is 0.360. The molecule has 1 aromatic heterocycles. The Labute approximate surface area is 108 Å². The first-order valence-electron chi connectivity index (χ1n) is 6.94. The van der Waals surface area contributed by atoms with Crippen molar-refractivity contribution in [2.45, 2.75) is 45.1 Å². The summed E-state index contributed by atoms with van der Waals surface area (Å²) in [6, 6.07) is 6.76. The van der Waals surface area contributed by atoms with Crippen molar-refractivity contribution in [3.05, 3.63) is 23.4 Å². The van der Waals surface area contributed by atoms with Gasteiger partial charge in [-0.25, -0.2) is 4.98 Å². The molecule has 2 aliphatic rings. The highest BCUT2D eigenvalue weighted by Crippen LogP contribution is 2.39. The van der Waals surface area contributed by atoms with Gasteiger partial charge in [0, 0.05) is 18.3 Å². The molecule has 1 aliphatic heterocycles. The van der Waals surface area contributed by atoms with E-state index in [1.54, 1.807) is 0 Å². The van der Waals surface area contributed by atoms with E-state index in [9.17, 15) is 5.26 Å². The number of piperidine rings is 1. The van der Waals surface area contributed by atoms with Crippen LogP contribution in [0.5, 0.6) is 0 Å². The van der Waals surface area contributed by atoms with E-state index in [1.807, 2.05) is 19.1 Å². The van der Waals surface area contributed by atoms with Crippen LogP contribution in [0.15, 0.2) is 12.1 Å². The molecule has 2 atom stereocenters. The fourth-order valence-electron chi connectivity index (χ4n) is 3.57. The second-order valence-corrected chi connectivity index (χ2v) is 5.53. The number of hydrogen-bond acceptors (Lipinski definition) is 3. The zero-order valence-corrected chi connectivity index (χ0v) is 10.9.